The molecule has 3 aromatic heterocycles. The molecule has 0 N–H and O–H groups in total. The van der Waals surface area contributed by atoms with Crippen molar-refractivity contribution in [2.24, 2.45) is 0 Å². The third kappa shape index (κ3) is 5.21. The second-order valence-corrected chi connectivity index (χ2v) is 10.7. The largest absolute Gasteiger partial charge is 0.467 e. The summed E-state index contributed by atoms with van der Waals surface area (Å²) in [4.78, 5) is 38.7. The van der Waals surface area contributed by atoms with Gasteiger partial charge in [0, 0.05) is 50.2 Å². The Bertz CT molecular complexity index is 1670. The number of likely N-dealkylation sites (tertiary alicyclic amines) is 1. The highest BCUT2D eigenvalue weighted by Gasteiger charge is 2.32. The Kier molecular flexibility index (Phi) is 7.07. The second kappa shape index (κ2) is 10.8. The Morgan fingerprint density at radius 1 is 1.12 bits per heavy atom. The minimum atomic E-state index is -0.487. The minimum absolute atomic E-state index is 0.0302. The fraction of sp³-hybridized carbons (Fsp3) is 0.355. The van der Waals surface area contributed by atoms with Crippen molar-refractivity contribution in [2.45, 2.75) is 45.1 Å². The molecule has 1 aliphatic carbocycles. The van der Waals surface area contributed by atoms with Crippen LogP contribution in [-0.4, -0.2) is 69.0 Å². The SMILES string of the molecule is COc1nc(N(C)C2CCN(C(=O)/C=C/c3ccnc(C)n3)C2)c2cnc(-c3cccc(C)c3C3CC3)c(F)c2n1. The fourth-order valence-electron chi connectivity index (χ4n) is 5.63. The standard InChI is InChI=1S/C31H32FN7O2/c1-18-6-5-7-23(26(18)20-8-9-20)28-27(32)29-24(16-34-28)30(37-31(36-29)41-4)38(3)22-13-15-39(17-22)25(40)11-10-21-12-14-33-19(2)35-21/h5-7,10-12,14,16,20,22H,8-9,13,15,17H2,1-4H3/b11-10+. The van der Waals surface area contributed by atoms with E-state index in [9.17, 15) is 4.79 Å². The maximum absolute atomic E-state index is 16.2. The molecular formula is C31H32FN7O2. The van der Waals surface area contributed by atoms with Crippen LogP contribution in [0.3, 0.4) is 0 Å². The molecule has 0 radical (unpaired) electrons. The number of halogens is 1. The summed E-state index contributed by atoms with van der Waals surface area (Å²) in [5.74, 6) is 1.03. The Hall–Kier alpha value is -4.47. The molecule has 10 heteroatoms. The van der Waals surface area contributed by atoms with Crippen molar-refractivity contribution in [3.8, 4) is 17.3 Å². The molecule has 9 nitrogen and oxygen atoms in total. The van der Waals surface area contributed by atoms with E-state index in [0.717, 1.165) is 36.0 Å². The zero-order valence-corrected chi connectivity index (χ0v) is 23.6. The van der Waals surface area contributed by atoms with Gasteiger partial charge in [0.2, 0.25) is 5.91 Å². The van der Waals surface area contributed by atoms with Crippen molar-refractivity contribution in [2.75, 3.05) is 32.1 Å². The summed E-state index contributed by atoms with van der Waals surface area (Å²) >= 11 is 0. The zero-order chi connectivity index (χ0) is 28.7. The number of likely N-dealkylation sites (N-methyl/N-ethyl adjacent to an activating group) is 1. The van der Waals surface area contributed by atoms with Gasteiger partial charge in [-0.15, -0.1) is 0 Å². The van der Waals surface area contributed by atoms with E-state index in [0.29, 0.717) is 47.4 Å². The molecule has 4 aromatic rings. The third-order valence-corrected chi connectivity index (χ3v) is 7.94. The van der Waals surface area contributed by atoms with Gasteiger partial charge in [0.1, 0.15) is 22.9 Å². The number of aromatic nitrogens is 5. The van der Waals surface area contributed by atoms with Crippen LogP contribution < -0.4 is 9.64 Å². The van der Waals surface area contributed by atoms with E-state index >= 15 is 4.39 Å². The van der Waals surface area contributed by atoms with Gasteiger partial charge in [0.05, 0.1) is 18.2 Å². The molecule has 2 fully saturated rings. The van der Waals surface area contributed by atoms with Crippen LogP contribution in [0.15, 0.2) is 42.7 Å². The highest BCUT2D eigenvalue weighted by molar-refractivity contribution is 5.93. The number of rotatable bonds is 7. The van der Waals surface area contributed by atoms with E-state index < -0.39 is 5.82 Å². The van der Waals surface area contributed by atoms with Gasteiger partial charge in [-0.3, -0.25) is 9.78 Å². The number of methoxy groups -OCH3 is 1. The maximum Gasteiger partial charge on any atom is 0.318 e. The number of pyridine rings is 1. The highest BCUT2D eigenvalue weighted by atomic mass is 19.1. The zero-order valence-electron chi connectivity index (χ0n) is 23.6. The van der Waals surface area contributed by atoms with Crippen molar-refractivity contribution in [3.63, 3.8) is 0 Å². The van der Waals surface area contributed by atoms with Crippen LogP contribution in [0.25, 0.3) is 28.2 Å². The molecule has 1 amide bonds. The van der Waals surface area contributed by atoms with E-state index in [4.69, 9.17) is 4.74 Å². The van der Waals surface area contributed by atoms with E-state index in [1.165, 1.54) is 13.2 Å². The van der Waals surface area contributed by atoms with Gasteiger partial charge in [-0.25, -0.2) is 14.4 Å². The molecule has 1 aliphatic heterocycles. The average Bonchev–Trinajstić information content (AvgIpc) is 3.69. The van der Waals surface area contributed by atoms with Crippen LogP contribution >= 0.6 is 0 Å². The summed E-state index contributed by atoms with van der Waals surface area (Å²) < 4.78 is 21.6. The Morgan fingerprint density at radius 2 is 1.95 bits per heavy atom. The number of carbonyl (C=O) groups is 1. The molecule has 4 heterocycles. The number of anilines is 1. The van der Waals surface area contributed by atoms with Gasteiger partial charge in [0.15, 0.2) is 5.82 Å². The van der Waals surface area contributed by atoms with E-state index in [1.54, 1.807) is 29.4 Å². The average molecular weight is 554 g/mol. The summed E-state index contributed by atoms with van der Waals surface area (Å²) in [6.45, 7) is 4.96. The molecule has 0 spiro atoms. The van der Waals surface area contributed by atoms with E-state index in [1.807, 2.05) is 31.0 Å². The van der Waals surface area contributed by atoms with Crippen LogP contribution in [0, 0.1) is 19.7 Å². The van der Waals surface area contributed by atoms with Crippen LogP contribution in [0.1, 0.15) is 47.8 Å². The summed E-state index contributed by atoms with van der Waals surface area (Å²) in [5.41, 5.74) is 4.27. The molecule has 0 bridgehead atoms. The van der Waals surface area contributed by atoms with Gasteiger partial charge in [-0.2, -0.15) is 9.97 Å². The number of fused-ring (bicyclic) bond motifs is 1. The van der Waals surface area contributed by atoms with Crippen LogP contribution in [0.5, 0.6) is 6.01 Å². The molecule has 210 valence electrons. The van der Waals surface area contributed by atoms with Gasteiger partial charge in [0.25, 0.3) is 0 Å². The van der Waals surface area contributed by atoms with Crippen LogP contribution in [-0.2, 0) is 4.79 Å². The predicted octanol–water partition coefficient (Wildman–Crippen LogP) is 4.87. The van der Waals surface area contributed by atoms with Gasteiger partial charge in [-0.1, -0.05) is 18.2 Å². The van der Waals surface area contributed by atoms with Crippen LogP contribution in [0.4, 0.5) is 10.2 Å². The van der Waals surface area contributed by atoms with E-state index in [-0.39, 0.29) is 23.5 Å². The van der Waals surface area contributed by atoms with Crippen molar-refractivity contribution in [1.82, 2.24) is 29.8 Å². The summed E-state index contributed by atoms with van der Waals surface area (Å²) in [7, 11) is 3.37. The monoisotopic (exact) mass is 553 g/mol. The maximum atomic E-state index is 16.2. The number of amides is 1. The highest BCUT2D eigenvalue weighted by Crippen LogP contribution is 2.46. The van der Waals surface area contributed by atoms with Crippen molar-refractivity contribution in [3.05, 3.63) is 71.2 Å². The Morgan fingerprint density at radius 3 is 2.71 bits per heavy atom. The quantitative estimate of drug-likeness (QED) is 0.299. The smallest absolute Gasteiger partial charge is 0.318 e. The number of benzene rings is 1. The fourth-order valence-corrected chi connectivity index (χ4v) is 5.63. The molecule has 1 saturated heterocycles. The van der Waals surface area contributed by atoms with Crippen LogP contribution in [0.2, 0.25) is 0 Å². The number of carbonyl (C=O) groups excluding carboxylic acids is 1. The number of hydrogen-bond donors (Lipinski definition) is 0. The molecule has 1 unspecified atom stereocenters. The first kappa shape index (κ1) is 26.7. The molecule has 6 rings (SSSR count). The molecule has 2 aliphatic rings. The normalized spacial score (nSPS) is 17.0. The number of aryl methyl sites for hydroxylation is 2. The van der Waals surface area contributed by atoms with Crippen molar-refractivity contribution >= 4 is 28.7 Å². The number of nitrogens with zero attached hydrogens (tertiary/aromatic N) is 7. The molecule has 41 heavy (non-hydrogen) atoms. The second-order valence-electron chi connectivity index (χ2n) is 10.7. The Balaban J connectivity index is 1.29. The molecule has 1 saturated carbocycles. The molecule has 1 atom stereocenters. The lowest BCUT2D eigenvalue weighted by Gasteiger charge is -2.27. The van der Waals surface area contributed by atoms with Gasteiger partial charge in [-0.05, 0) is 62.3 Å². The first-order chi connectivity index (χ1) is 19.8. The predicted molar refractivity (Wildman–Crippen MR) is 155 cm³/mol. The Labute approximate surface area is 238 Å². The lowest BCUT2D eigenvalue weighted by atomic mass is 9.95. The first-order valence-corrected chi connectivity index (χ1v) is 13.8. The summed E-state index contributed by atoms with van der Waals surface area (Å²) in [6, 6.07) is 7.76. The third-order valence-electron chi connectivity index (χ3n) is 7.94. The lowest BCUT2D eigenvalue weighted by Crippen LogP contribution is -2.36. The minimum Gasteiger partial charge on any atom is -0.467 e. The lowest BCUT2D eigenvalue weighted by molar-refractivity contribution is -0.124. The van der Waals surface area contributed by atoms with Crippen molar-refractivity contribution in [1.29, 1.82) is 0 Å². The summed E-state index contributed by atoms with van der Waals surface area (Å²) in [6.07, 6.45) is 9.51. The number of hydrogen-bond acceptors (Lipinski definition) is 8. The van der Waals surface area contributed by atoms with Gasteiger partial charge >= 0.3 is 6.01 Å². The molecule has 1 aromatic carbocycles. The van der Waals surface area contributed by atoms with Gasteiger partial charge < -0.3 is 14.5 Å². The van der Waals surface area contributed by atoms with E-state index in [2.05, 4.69) is 37.9 Å². The van der Waals surface area contributed by atoms with Crippen molar-refractivity contribution < 1.29 is 13.9 Å². The molecular weight excluding hydrogens is 521 g/mol. The topological polar surface area (TPSA) is 97.2 Å². The first-order valence-electron chi connectivity index (χ1n) is 13.8. The summed E-state index contributed by atoms with van der Waals surface area (Å²) in [5, 5.41) is 0.499. The number of ether oxygens (including phenoxy) is 1.